The normalized spacial score (nSPS) is 10.9. The predicted octanol–water partition coefficient (Wildman–Crippen LogP) is 1.02. The lowest BCUT2D eigenvalue weighted by Crippen LogP contribution is -2.22. The van der Waals surface area contributed by atoms with Gasteiger partial charge in [-0.3, -0.25) is 4.98 Å². The predicted molar refractivity (Wildman–Crippen MR) is 72.2 cm³/mol. The highest BCUT2D eigenvalue weighted by molar-refractivity contribution is 5.07. The van der Waals surface area contributed by atoms with Crippen molar-refractivity contribution in [2.45, 2.75) is 26.4 Å². The summed E-state index contributed by atoms with van der Waals surface area (Å²) >= 11 is 0. The number of rotatable bonds is 10. The average molecular weight is 269 g/mol. The van der Waals surface area contributed by atoms with Crippen molar-refractivity contribution in [2.75, 3.05) is 33.5 Å². The zero-order chi connectivity index (χ0) is 13.9. The maximum absolute atomic E-state index is 5.41. The monoisotopic (exact) mass is 269 g/mol. The first kappa shape index (κ1) is 15.8. The zero-order valence-electron chi connectivity index (χ0n) is 11.9. The van der Waals surface area contributed by atoms with Gasteiger partial charge in [-0.2, -0.15) is 0 Å². The molecule has 0 aliphatic carbocycles. The molecule has 0 unspecified atom stereocenters. The highest BCUT2D eigenvalue weighted by Crippen LogP contribution is 2.03. The highest BCUT2D eigenvalue weighted by atomic mass is 16.5. The van der Waals surface area contributed by atoms with Crippen molar-refractivity contribution in [1.29, 1.82) is 0 Å². The molecule has 0 aromatic carbocycles. The van der Waals surface area contributed by atoms with E-state index in [1.807, 2.05) is 0 Å². The molecule has 0 amide bonds. The summed E-state index contributed by atoms with van der Waals surface area (Å²) in [6, 6.07) is 0.432. The van der Waals surface area contributed by atoms with Crippen molar-refractivity contribution in [3.8, 4) is 5.88 Å². The second-order valence-electron chi connectivity index (χ2n) is 4.34. The number of methoxy groups -OCH3 is 1. The van der Waals surface area contributed by atoms with Crippen LogP contribution < -0.4 is 10.1 Å². The van der Waals surface area contributed by atoms with Crippen LogP contribution in [0.5, 0.6) is 5.88 Å². The summed E-state index contributed by atoms with van der Waals surface area (Å²) in [6.45, 7) is 7.04. The number of aromatic nitrogens is 2. The molecule has 0 bridgehead atoms. The van der Waals surface area contributed by atoms with Gasteiger partial charge in [-0.1, -0.05) is 13.8 Å². The Bertz CT molecular complexity index is 330. The number of hydrogen-bond acceptors (Lipinski definition) is 6. The molecule has 1 heterocycles. The van der Waals surface area contributed by atoms with Crippen molar-refractivity contribution in [3.05, 3.63) is 18.1 Å². The van der Waals surface area contributed by atoms with Gasteiger partial charge in [-0.15, -0.1) is 0 Å². The van der Waals surface area contributed by atoms with E-state index in [2.05, 4.69) is 29.1 Å². The van der Waals surface area contributed by atoms with E-state index in [0.717, 1.165) is 5.69 Å². The Hall–Kier alpha value is -1.24. The average Bonchev–Trinajstić information content (AvgIpc) is 2.41. The van der Waals surface area contributed by atoms with Crippen molar-refractivity contribution < 1.29 is 14.2 Å². The SMILES string of the molecule is COCCOCCOc1cnc(CNC(C)C)cn1. The van der Waals surface area contributed by atoms with Crippen LogP contribution in [0, 0.1) is 0 Å². The first-order valence-electron chi connectivity index (χ1n) is 6.46. The third-order valence-corrected chi connectivity index (χ3v) is 2.28. The molecule has 108 valence electrons. The summed E-state index contributed by atoms with van der Waals surface area (Å²) in [6.07, 6.45) is 3.35. The van der Waals surface area contributed by atoms with Crippen molar-refractivity contribution in [1.82, 2.24) is 15.3 Å². The van der Waals surface area contributed by atoms with E-state index in [0.29, 0.717) is 44.9 Å². The maximum atomic E-state index is 5.41. The molecular weight excluding hydrogens is 246 g/mol. The van der Waals surface area contributed by atoms with E-state index in [1.54, 1.807) is 19.5 Å². The minimum atomic E-state index is 0.432. The van der Waals surface area contributed by atoms with Crippen LogP contribution >= 0.6 is 0 Å². The van der Waals surface area contributed by atoms with Crippen LogP contribution in [0.15, 0.2) is 12.4 Å². The molecule has 0 atom stereocenters. The number of hydrogen-bond donors (Lipinski definition) is 1. The Morgan fingerprint density at radius 3 is 2.53 bits per heavy atom. The van der Waals surface area contributed by atoms with E-state index >= 15 is 0 Å². The van der Waals surface area contributed by atoms with E-state index in [-0.39, 0.29) is 0 Å². The Morgan fingerprint density at radius 1 is 1.11 bits per heavy atom. The smallest absolute Gasteiger partial charge is 0.232 e. The summed E-state index contributed by atoms with van der Waals surface area (Å²) in [5, 5.41) is 3.28. The second kappa shape index (κ2) is 9.66. The largest absolute Gasteiger partial charge is 0.474 e. The lowest BCUT2D eigenvalue weighted by atomic mass is 10.3. The standard InChI is InChI=1S/C13H23N3O3/c1-11(2)14-8-12-9-16-13(10-15-12)19-7-6-18-5-4-17-3/h9-11,14H,4-8H2,1-3H3. The van der Waals surface area contributed by atoms with Crippen LogP contribution in [-0.2, 0) is 16.0 Å². The second-order valence-corrected chi connectivity index (χ2v) is 4.34. The molecule has 1 aromatic heterocycles. The van der Waals surface area contributed by atoms with E-state index in [4.69, 9.17) is 14.2 Å². The van der Waals surface area contributed by atoms with E-state index < -0.39 is 0 Å². The van der Waals surface area contributed by atoms with Crippen LogP contribution in [0.2, 0.25) is 0 Å². The molecule has 0 saturated carbocycles. The van der Waals surface area contributed by atoms with Gasteiger partial charge in [0, 0.05) is 19.7 Å². The quantitative estimate of drug-likeness (QED) is 0.640. The van der Waals surface area contributed by atoms with Gasteiger partial charge in [0.05, 0.1) is 37.9 Å². The van der Waals surface area contributed by atoms with Gasteiger partial charge in [0.2, 0.25) is 5.88 Å². The van der Waals surface area contributed by atoms with Crippen LogP contribution in [0.4, 0.5) is 0 Å². The highest BCUT2D eigenvalue weighted by Gasteiger charge is 2.00. The minimum absolute atomic E-state index is 0.432. The molecule has 6 nitrogen and oxygen atoms in total. The fraction of sp³-hybridized carbons (Fsp3) is 0.692. The first-order valence-corrected chi connectivity index (χ1v) is 6.46. The summed E-state index contributed by atoms with van der Waals surface area (Å²) in [5.41, 5.74) is 0.900. The van der Waals surface area contributed by atoms with E-state index in [1.165, 1.54) is 0 Å². The lowest BCUT2D eigenvalue weighted by molar-refractivity contribution is 0.0536. The molecule has 0 radical (unpaired) electrons. The summed E-state index contributed by atoms with van der Waals surface area (Å²) in [7, 11) is 1.64. The van der Waals surface area contributed by atoms with Crippen LogP contribution in [0.3, 0.4) is 0 Å². The van der Waals surface area contributed by atoms with E-state index in [9.17, 15) is 0 Å². The molecule has 0 aliphatic rings. The van der Waals surface area contributed by atoms with Crippen molar-refractivity contribution in [3.63, 3.8) is 0 Å². The molecule has 0 aliphatic heterocycles. The van der Waals surface area contributed by atoms with Crippen molar-refractivity contribution >= 4 is 0 Å². The van der Waals surface area contributed by atoms with Crippen LogP contribution in [0.1, 0.15) is 19.5 Å². The fourth-order valence-corrected chi connectivity index (χ4v) is 1.27. The molecular formula is C13H23N3O3. The third kappa shape index (κ3) is 7.71. The number of nitrogens with zero attached hydrogens (tertiary/aromatic N) is 2. The molecule has 0 spiro atoms. The summed E-state index contributed by atoms with van der Waals surface area (Å²) in [4.78, 5) is 8.45. The van der Waals surface area contributed by atoms with Gasteiger partial charge in [0.25, 0.3) is 0 Å². The Kier molecular flexibility index (Phi) is 8.04. The Morgan fingerprint density at radius 2 is 1.89 bits per heavy atom. The van der Waals surface area contributed by atoms with Gasteiger partial charge >= 0.3 is 0 Å². The first-order chi connectivity index (χ1) is 9.22. The fourth-order valence-electron chi connectivity index (χ4n) is 1.27. The zero-order valence-corrected chi connectivity index (χ0v) is 11.9. The minimum Gasteiger partial charge on any atom is -0.474 e. The lowest BCUT2D eigenvalue weighted by Gasteiger charge is -2.08. The van der Waals surface area contributed by atoms with Crippen LogP contribution in [-0.4, -0.2) is 49.5 Å². The number of ether oxygens (including phenoxy) is 3. The Labute approximate surface area is 114 Å². The topological polar surface area (TPSA) is 65.5 Å². The van der Waals surface area contributed by atoms with Gasteiger partial charge in [-0.25, -0.2) is 4.98 Å². The third-order valence-electron chi connectivity index (χ3n) is 2.28. The summed E-state index contributed by atoms with van der Waals surface area (Å²) < 4.78 is 15.5. The summed E-state index contributed by atoms with van der Waals surface area (Å²) in [5.74, 6) is 0.517. The molecule has 0 saturated heterocycles. The van der Waals surface area contributed by atoms with Gasteiger partial charge < -0.3 is 19.5 Å². The molecule has 1 aromatic rings. The Balaban J connectivity index is 2.17. The molecule has 1 rings (SSSR count). The maximum Gasteiger partial charge on any atom is 0.232 e. The molecule has 6 heteroatoms. The van der Waals surface area contributed by atoms with Crippen LogP contribution in [0.25, 0.3) is 0 Å². The van der Waals surface area contributed by atoms with Gasteiger partial charge in [0.1, 0.15) is 6.61 Å². The van der Waals surface area contributed by atoms with Crippen molar-refractivity contribution in [2.24, 2.45) is 0 Å². The van der Waals surface area contributed by atoms with Gasteiger partial charge in [-0.05, 0) is 0 Å². The van der Waals surface area contributed by atoms with Gasteiger partial charge in [0.15, 0.2) is 0 Å². The molecule has 19 heavy (non-hydrogen) atoms. The molecule has 1 N–H and O–H groups in total. The number of nitrogens with one attached hydrogen (secondary N) is 1. The molecule has 0 fully saturated rings.